The summed E-state index contributed by atoms with van der Waals surface area (Å²) in [6, 6.07) is 5.29. The summed E-state index contributed by atoms with van der Waals surface area (Å²) in [7, 11) is 1.25. The first kappa shape index (κ1) is 18.5. The maximum atomic E-state index is 12.1. The van der Waals surface area contributed by atoms with E-state index < -0.39 is 22.7 Å². The van der Waals surface area contributed by atoms with Crippen LogP contribution in [0.2, 0.25) is 0 Å². The highest BCUT2D eigenvalue weighted by molar-refractivity contribution is 5.89. The Morgan fingerprint density at radius 3 is 2.24 bits per heavy atom. The molecule has 0 spiro atoms. The molecule has 1 aliphatic heterocycles. The number of hydrogen-bond donors (Lipinski definition) is 0. The van der Waals surface area contributed by atoms with Crippen LogP contribution in [0.25, 0.3) is 0 Å². The molecule has 1 aliphatic rings. The van der Waals surface area contributed by atoms with Crippen LogP contribution in [-0.4, -0.2) is 53.9 Å². The molecular weight excluding hydrogens is 330 g/mol. The van der Waals surface area contributed by atoms with Gasteiger partial charge in [-0.05, 0) is 32.9 Å². The first-order chi connectivity index (χ1) is 11.6. The lowest BCUT2D eigenvalue weighted by atomic mass is 10.1. The molecular formula is C16H21N3O6. The van der Waals surface area contributed by atoms with Crippen LogP contribution in [0.3, 0.4) is 0 Å². The monoisotopic (exact) mass is 351 g/mol. The smallest absolute Gasteiger partial charge is 0.414 e. The summed E-state index contributed by atoms with van der Waals surface area (Å²) in [4.78, 5) is 37.2. The molecule has 136 valence electrons. The number of carbonyl (C=O) groups excluding carboxylic acids is 2. The minimum absolute atomic E-state index is 0.0717. The average Bonchev–Trinajstić information content (AvgIpc) is 2.47. The van der Waals surface area contributed by atoms with Gasteiger partial charge in [-0.1, -0.05) is 0 Å². The van der Waals surface area contributed by atoms with Crippen LogP contribution in [-0.2, 0) is 9.47 Å². The van der Waals surface area contributed by atoms with Crippen molar-refractivity contribution in [2.75, 3.05) is 25.1 Å². The fourth-order valence-corrected chi connectivity index (χ4v) is 2.39. The number of ether oxygens (including phenoxy) is 2. The van der Waals surface area contributed by atoms with Crippen LogP contribution in [0.15, 0.2) is 24.3 Å². The molecule has 0 radical (unpaired) electrons. The average molecular weight is 351 g/mol. The SMILES string of the molecule is COC(=O)N(c1ccc([N+](=O)[O-])cc1)C1CN(C(=O)OC(C)(C)C)C1. The highest BCUT2D eigenvalue weighted by Gasteiger charge is 2.40. The van der Waals surface area contributed by atoms with Crippen LogP contribution >= 0.6 is 0 Å². The van der Waals surface area contributed by atoms with Crippen molar-refractivity contribution in [3.63, 3.8) is 0 Å². The number of carbonyl (C=O) groups is 2. The maximum absolute atomic E-state index is 12.1. The molecule has 9 nitrogen and oxygen atoms in total. The number of methoxy groups -OCH3 is 1. The Kier molecular flexibility index (Phi) is 5.15. The van der Waals surface area contributed by atoms with Gasteiger partial charge >= 0.3 is 12.2 Å². The minimum Gasteiger partial charge on any atom is -0.452 e. The molecule has 1 saturated heterocycles. The lowest BCUT2D eigenvalue weighted by Gasteiger charge is -2.44. The van der Waals surface area contributed by atoms with Gasteiger partial charge in [0, 0.05) is 30.9 Å². The van der Waals surface area contributed by atoms with Gasteiger partial charge in [0.2, 0.25) is 0 Å². The molecule has 0 aliphatic carbocycles. The maximum Gasteiger partial charge on any atom is 0.414 e. The first-order valence-corrected chi connectivity index (χ1v) is 7.72. The normalized spacial score (nSPS) is 14.5. The van der Waals surface area contributed by atoms with Crippen LogP contribution < -0.4 is 4.90 Å². The topological polar surface area (TPSA) is 102 Å². The van der Waals surface area contributed by atoms with Gasteiger partial charge in [0.05, 0.1) is 18.1 Å². The number of nitro benzene ring substituents is 1. The van der Waals surface area contributed by atoms with Crippen molar-refractivity contribution in [3.8, 4) is 0 Å². The van der Waals surface area contributed by atoms with E-state index in [4.69, 9.17) is 9.47 Å². The molecule has 9 heteroatoms. The molecule has 0 unspecified atom stereocenters. The van der Waals surface area contributed by atoms with Crippen molar-refractivity contribution in [1.82, 2.24) is 4.90 Å². The van der Waals surface area contributed by atoms with Crippen molar-refractivity contribution in [2.45, 2.75) is 32.4 Å². The van der Waals surface area contributed by atoms with Crippen molar-refractivity contribution in [1.29, 1.82) is 0 Å². The highest BCUT2D eigenvalue weighted by Crippen LogP contribution is 2.27. The molecule has 0 bridgehead atoms. The Hall–Kier alpha value is -2.84. The van der Waals surface area contributed by atoms with E-state index in [1.807, 2.05) is 0 Å². The second kappa shape index (κ2) is 6.96. The number of nitrogens with zero attached hydrogens (tertiary/aromatic N) is 3. The second-order valence-electron chi connectivity index (χ2n) is 6.65. The zero-order valence-electron chi connectivity index (χ0n) is 14.6. The van der Waals surface area contributed by atoms with E-state index >= 15 is 0 Å². The van der Waals surface area contributed by atoms with Crippen molar-refractivity contribution < 1.29 is 24.0 Å². The molecule has 0 aromatic heterocycles. The minimum atomic E-state index is -0.595. The van der Waals surface area contributed by atoms with Gasteiger partial charge in [0.15, 0.2) is 0 Å². The number of non-ortho nitro benzene ring substituents is 1. The highest BCUT2D eigenvalue weighted by atomic mass is 16.6. The van der Waals surface area contributed by atoms with Gasteiger partial charge in [-0.15, -0.1) is 0 Å². The predicted molar refractivity (Wildman–Crippen MR) is 89.6 cm³/mol. The van der Waals surface area contributed by atoms with Crippen LogP contribution in [0.5, 0.6) is 0 Å². The lowest BCUT2D eigenvalue weighted by Crippen LogP contribution is -2.63. The molecule has 0 atom stereocenters. The van der Waals surface area contributed by atoms with E-state index in [9.17, 15) is 19.7 Å². The molecule has 2 amide bonds. The third kappa shape index (κ3) is 4.37. The molecule has 1 heterocycles. The van der Waals surface area contributed by atoms with Gasteiger partial charge in [0.25, 0.3) is 5.69 Å². The van der Waals surface area contributed by atoms with Gasteiger partial charge in [-0.2, -0.15) is 0 Å². The van der Waals surface area contributed by atoms with E-state index in [2.05, 4.69) is 0 Å². The molecule has 2 rings (SSSR count). The molecule has 1 fully saturated rings. The van der Waals surface area contributed by atoms with Crippen molar-refractivity contribution in [2.24, 2.45) is 0 Å². The summed E-state index contributed by atoms with van der Waals surface area (Å²) in [5.41, 5.74) is -0.202. The van der Waals surface area contributed by atoms with E-state index in [-0.39, 0.29) is 11.7 Å². The molecule has 1 aromatic carbocycles. The number of anilines is 1. The molecule has 25 heavy (non-hydrogen) atoms. The third-order valence-corrected chi connectivity index (χ3v) is 3.59. The van der Waals surface area contributed by atoms with Crippen molar-refractivity contribution >= 4 is 23.6 Å². The zero-order chi connectivity index (χ0) is 18.8. The van der Waals surface area contributed by atoms with E-state index in [1.54, 1.807) is 20.8 Å². The standard InChI is InChI=1S/C16H21N3O6/c1-16(2,3)25-14(20)17-9-13(10-17)18(15(21)24-4)11-5-7-12(8-6-11)19(22)23/h5-8,13H,9-10H2,1-4H3. The van der Waals surface area contributed by atoms with E-state index in [0.29, 0.717) is 18.8 Å². The summed E-state index contributed by atoms with van der Waals surface area (Å²) < 4.78 is 10.1. The Balaban J connectivity index is 2.09. The van der Waals surface area contributed by atoms with Crippen molar-refractivity contribution in [3.05, 3.63) is 34.4 Å². The number of rotatable bonds is 3. The predicted octanol–water partition coefficient (Wildman–Crippen LogP) is 2.79. The fraction of sp³-hybridized carbons (Fsp3) is 0.500. The summed E-state index contributed by atoms with van der Waals surface area (Å²) in [6.07, 6.45) is -1.04. The zero-order valence-corrected chi connectivity index (χ0v) is 14.6. The summed E-state index contributed by atoms with van der Waals surface area (Å²) in [5.74, 6) is 0. The number of amides is 2. The quantitative estimate of drug-likeness (QED) is 0.613. The van der Waals surface area contributed by atoms with Crippen LogP contribution in [0, 0.1) is 10.1 Å². The Morgan fingerprint density at radius 1 is 1.24 bits per heavy atom. The van der Waals surface area contributed by atoms with Crippen LogP contribution in [0.1, 0.15) is 20.8 Å². The summed E-state index contributed by atoms with van der Waals surface area (Å²) >= 11 is 0. The number of likely N-dealkylation sites (tertiary alicyclic amines) is 1. The number of nitro groups is 1. The van der Waals surface area contributed by atoms with Gasteiger partial charge in [0.1, 0.15) is 5.60 Å². The fourth-order valence-electron chi connectivity index (χ4n) is 2.39. The van der Waals surface area contributed by atoms with Crippen LogP contribution in [0.4, 0.5) is 21.0 Å². The van der Waals surface area contributed by atoms with E-state index in [0.717, 1.165) is 0 Å². The van der Waals surface area contributed by atoms with Gasteiger partial charge < -0.3 is 14.4 Å². The van der Waals surface area contributed by atoms with E-state index in [1.165, 1.54) is 41.2 Å². The summed E-state index contributed by atoms with van der Waals surface area (Å²) in [6.45, 7) is 5.92. The van der Waals surface area contributed by atoms with Gasteiger partial charge in [-0.3, -0.25) is 15.0 Å². The number of hydrogen-bond acceptors (Lipinski definition) is 6. The van der Waals surface area contributed by atoms with Gasteiger partial charge in [-0.25, -0.2) is 9.59 Å². The lowest BCUT2D eigenvalue weighted by molar-refractivity contribution is -0.384. The second-order valence-corrected chi connectivity index (χ2v) is 6.65. The third-order valence-electron chi connectivity index (χ3n) is 3.59. The molecule has 0 saturated carbocycles. The largest absolute Gasteiger partial charge is 0.452 e. The first-order valence-electron chi connectivity index (χ1n) is 7.72. The molecule has 1 aromatic rings. The Labute approximate surface area is 145 Å². The summed E-state index contributed by atoms with van der Waals surface area (Å²) in [5, 5.41) is 10.7. The number of benzene rings is 1. The Bertz CT molecular complexity index is 661. The Morgan fingerprint density at radius 2 is 1.80 bits per heavy atom. The molecule has 0 N–H and O–H groups in total.